The van der Waals surface area contributed by atoms with Crippen molar-refractivity contribution in [1.82, 2.24) is 5.32 Å². The van der Waals surface area contributed by atoms with E-state index in [4.69, 9.17) is 5.11 Å². The predicted octanol–water partition coefficient (Wildman–Crippen LogP) is 2.17. The Kier molecular flexibility index (Phi) is 2.75. The van der Waals surface area contributed by atoms with E-state index in [1.54, 1.807) is 0 Å². The third-order valence-corrected chi connectivity index (χ3v) is 5.18. The van der Waals surface area contributed by atoms with Crippen molar-refractivity contribution in [2.45, 2.75) is 51.0 Å². The van der Waals surface area contributed by atoms with Gasteiger partial charge in [0.15, 0.2) is 0 Å². The second kappa shape index (κ2) is 3.99. The SMILES string of the molecule is CC(CO)CNC12CC3CC(CC(C3)C1)C2. The van der Waals surface area contributed by atoms with Crippen LogP contribution in [-0.2, 0) is 0 Å². The molecule has 1 unspecified atom stereocenters. The predicted molar refractivity (Wildman–Crippen MR) is 65.2 cm³/mol. The maximum absolute atomic E-state index is 9.11. The quantitative estimate of drug-likeness (QED) is 0.765. The van der Waals surface area contributed by atoms with Gasteiger partial charge in [0.25, 0.3) is 0 Å². The number of aliphatic hydroxyl groups excluding tert-OH is 1. The molecule has 0 aromatic carbocycles. The molecular weight excluding hydrogens is 198 g/mol. The zero-order valence-electron chi connectivity index (χ0n) is 10.4. The van der Waals surface area contributed by atoms with Crippen LogP contribution in [0.3, 0.4) is 0 Å². The summed E-state index contributed by atoms with van der Waals surface area (Å²) in [7, 11) is 0. The fourth-order valence-corrected chi connectivity index (χ4v) is 4.78. The van der Waals surface area contributed by atoms with Crippen LogP contribution in [0.25, 0.3) is 0 Å². The van der Waals surface area contributed by atoms with E-state index in [2.05, 4.69) is 12.2 Å². The van der Waals surface area contributed by atoms with Crippen molar-refractivity contribution in [2.24, 2.45) is 23.7 Å². The van der Waals surface area contributed by atoms with Gasteiger partial charge in [0.05, 0.1) is 0 Å². The zero-order chi connectivity index (χ0) is 11.2. The van der Waals surface area contributed by atoms with Crippen molar-refractivity contribution < 1.29 is 5.11 Å². The second-order valence-corrected chi connectivity index (χ2v) is 6.87. The van der Waals surface area contributed by atoms with E-state index in [0.29, 0.717) is 18.1 Å². The first kappa shape index (κ1) is 11.0. The summed E-state index contributed by atoms with van der Waals surface area (Å²) in [4.78, 5) is 0. The average Bonchev–Trinajstić information content (AvgIpc) is 2.24. The van der Waals surface area contributed by atoms with Crippen molar-refractivity contribution in [2.75, 3.05) is 13.2 Å². The number of hydrogen-bond donors (Lipinski definition) is 2. The number of aliphatic hydroxyl groups is 1. The van der Waals surface area contributed by atoms with Crippen molar-refractivity contribution >= 4 is 0 Å². The summed E-state index contributed by atoms with van der Waals surface area (Å²) in [5.41, 5.74) is 0.470. The van der Waals surface area contributed by atoms with E-state index >= 15 is 0 Å². The number of hydrogen-bond acceptors (Lipinski definition) is 2. The Balaban J connectivity index is 1.64. The van der Waals surface area contributed by atoms with Gasteiger partial charge in [0, 0.05) is 18.7 Å². The zero-order valence-corrected chi connectivity index (χ0v) is 10.4. The molecule has 2 heteroatoms. The van der Waals surface area contributed by atoms with Crippen LogP contribution in [-0.4, -0.2) is 23.8 Å². The molecular formula is C14H25NO. The van der Waals surface area contributed by atoms with Crippen LogP contribution in [0.4, 0.5) is 0 Å². The van der Waals surface area contributed by atoms with E-state index in [0.717, 1.165) is 24.3 Å². The molecule has 0 spiro atoms. The van der Waals surface area contributed by atoms with Crippen LogP contribution >= 0.6 is 0 Å². The summed E-state index contributed by atoms with van der Waals surface area (Å²) in [5, 5.41) is 12.9. The molecule has 2 N–H and O–H groups in total. The van der Waals surface area contributed by atoms with Crippen LogP contribution in [0.15, 0.2) is 0 Å². The van der Waals surface area contributed by atoms with Gasteiger partial charge in [-0.15, -0.1) is 0 Å². The minimum Gasteiger partial charge on any atom is -0.396 e. The lowest BCUT2D eigenvalue weighted by Crippen LogP contribution is -2.59. The summed E-state index contributed by atoms with van der Waals surface area (Å²) in [6.45, 7) is 3.45. The van der Waals surface area contributed by atoms with E-state index in [1.165, 1.54) is 38.5 Å². The van der Waals surface area contributed by atoms with Gasteiger partial charge in [-0.2, -0.15) is 0 Å². The molecule has 1 atom stereocenters. The largest absolute Gasteiger partial charge is 0.396 e. The highest BCUT2D eigenvalue weighted by molar-refractivity contribution is 5.06. The fourth-order valence-electron chi connectivity index (χ4n) is 4.78. The lowest BCUT2D eigenvalue weighted by molar-refractivity contribution is -0.0218. The molecule has 0 amide bonds. The first-order valence-corrected chi connectivity index (χ1v) is 7.05. The number of rotatable bonds is 4. The maximum Gasteiger partial charge on any atom is 0.0468 e. The Morgan fingerprint density at radius 2 is 1.62 bits per heavy atom. The molecule has 0 aromatic heterocycles. The Bertz CT molecular complexity index is 228. The highest BCUT2D eigenvalue weighted by Crippen LogP contribution is 2.55. The van der Waals surface area contributed by atoms with Crippen LogP contribution in [0.5, 0.6) is 0 Å². The molecule has 0 heterocycles. The summed E-state index contributed by atoms with van der Waals surface area (Å²) < 4.78 is 0. The molecule has 92 valence electrons. The first-order chi connectivity index (χ1) is 7.69. The van der Waals surface area contributed by atoms with Crippen LogP contribution in [0.1, 0.15) is 45.4 Å². The normalized spacial score (nSPS) is 47.2. The lowest BCUT2D eigenvalue weighted by atomic mass is 9.53. The molecule has 4 aliphatic carbocycles. The summed E-state index contributed by atoms with van der Waals surface area (Å²) >= 11 is 0. The molecule has 0 radical (unpaired) electrons. The minimum absolute atomic E-state index is 0.319. The molecule has 4 fully saturated rings. The second-order valence-electron chi connectivity index (χ2n) is 6.87. The highest BCUT2D eigenvalue weighted by atomic mass is 16.3. The molecule has 4 saturated carbocycles. The Morgan fingerprint density at radius 3 is 2.06 bits per heavy atom. The lowest BCUT2D eigenvalue weighted by Gasteiger charge is -2.57. The van der Waals surface area contributed by atoms with Gasteiger partial charge in [-0.25, -0.2) is 0 Å². The van der Waals surface area contributed by atoms with Gasteiger partial charge in [-0.1, -0.05) is 6.92 Å². The standard InChI is InChI=1S/C14H25NO/c1-10(9-16)8-15-14-5-11-2-12(6-14)4-13(3-11)7-14/h10-13,15-16H,2-9H2,1H3. The first-order valence-electron chi connectivity index (χ1n) is 7.05. The van der Waals surface area contributed by atoms with E-state index in [1.807, 2.05) is 0 Å². The van der Waals surface area contributed by atoms with Crippen LogP contribution < -0.4 is 5.32 Å². The molecule has 4 bridgehead atoms. The topological polar surface area (TPSA) is 32.3 Å². The Morgan fingerprint density at radius 1 is 1.12 bits per heavy atom. The van der Waals surface area contributed by atoms with Crippen LogP contribution in [0.2, 0.25) is 0 Å². The third kappa shape index (κ3) is 1.91. The monoisotopic (exact) mass is 223 g/mol. The van der Waals surface area contributed by atoms with Gasteiger partial charge in [0.2, 0.25) is 0 Å². The minimum atomic E-state index is 0.319. The van der Waals surface area contributed by atoms with E-state index in [-0.39, 0.29) is 0 Å². The fraction of sp³-hybridized carbons (Fsp3) is 1.00. The van der Waals surface area contributed by atoms with E-state index < -0.39 is 0 Å². The number of nitrogens with one attached hydrogen (secondary N) is 1. The molecule has 0 aromatic rings. The van der Waals surface area contributed by atoms with Gasteiger partial charge in [-0.3, -0.25) is 0 Å². The van der Waals surface area contributed by atoms with Crippen molar-refractivity contribution in [3.63, 3.8) is 0 Å². The third-order valence-electron chi connectivity index (χ3n) is 5.18. The summed E-state index contributed by atoms with van der Waals surface area (Å²) in [6, 6.07) is 0. The van der Waals surface area contributed by atoms with Gasteiger partial charge in [-0.05, 0) is 62.2 Å². The molecule has 0 saturated heterocycles. The molecule has 16 heavy (non-hydrogen) atoms. The maximum atomic E-state index is 9.11. The van der Waals surface area contributed by atoms with Crippen molar-refractivity contribution in [1.29, 1.82) is 0 Å². The van der Waals surface area contributed by atoms with Gasteiger partial charge < -0.3 is 10.4 Å². The van der Waals surface area contributed by atoms with E-state index in [9.17, 15) is 0 Å². The molecule has 2 nitrogen and oxygen atoms in total. The van der Waals surface area contributed by atoms with Gasteiger partial charge in [0.1, 0.15) is 0 Å². The smallest absolute Gasteiger partial charge is 0.0468 e. The van der Waals surface area contributed by atoms with Gasteiger partial charge >= 0.3 is 0 Å². The van der Waals surface area contributed by atoms with Crippen LogP contribution in [0, 0.1) is 23.7 Å². The summed E-state index contributed by atoms with van der Waals surface area (Å²) in [6.07, 6.45) is 8.77. The highest BCUT2D eigenvalue weighted by Gasteiger charge is 2.50. The Hall–Kier alpha value is -0.0800. The molecule has 4 rings (SSSR count). The summed E-state index contributed by atoms with van der Waals surface area (Å²) in [5.74, 6) is 3.46. The van der Waals surface area contributed by atoms with Crippen molar-refractivity contribution in [3.05, 3.63) is 0 Å². The molecule has 0 aliphatic heterocycles. The van der Waals surface area contributed by atoms with Crippen molar-refractivity contribution in [3.8, 4) is 0 Å². The Labute approximate surface area is 98.8 Å². The molecule has 4 aliphatic rings. The average molecular weight is 223 g/mol.